The number of ketones is 1. The van der Waals surface area contributed by atoms with Crippen LogP contribution in [0.3, 0.4) is 0 Å². The Bertz CT molecular complexity index is 806. The van der Waals surface area contributed by atoms with Crippen molar-refractivity contribution in [2.45, 2.75) is 51.6 Å². The maximum atomic E-state index is 12.6. The molecule has 4 fully saturated rings. The average Bonchev–Trinajstić information content (AvgIpc) is 3.15. The molecule has 6 heteroatoms. The zero-order valence-corrected chi connectivity index (χ0v) is 16.7. The molecule has 5 aliphatic rings. The monoisotopic (exact) mass is 389 g/mol. The van der Waals surface area contributed by atoms with Crippen molar-refractivity contribution in [3.05, 3.63) is 23.5 Å². The van der Waals surface area contributed by atoms with Crippen molar-refractivity contribution < 1.29 is 19.5 Å². The molecule has 0 aromatic heterocycles. The van der Waals surface area contributed by atoms with Crippen molar-refractivity contribution in [3.63, 3.8) is 0 Å². The molecule has 3 saturated carbocycles. The molecule has 5 nitrogen and oxygen atoms in total. The van der Waals surface area contributed by atoms with Gasteiger partial charge < -0.3 is 5.11 Å². The first-order chi connectivity index (χ1) is 12.8. The lowest BCUT2D eigenvalue weighted by Gasteiger charge is -2.57. The van der Waals surface area contributed by atoms with E-state index in [1.54, 1.807) is 6.08 Å². The Kier molecular flexibility index (Phi) is 3.65. The summed E-state index contributed by atoms with van der Waals surface area (Å²) in [6.45, 7) is 5.10. The molecule has 27 heavy (non-hydrogen) atoms. The highest BCUT2D eigenvalue weighted by Crippen LogP contribution is 2.70. The summed E-state index contributed by atoms with van der Waals surface area (Å²) in [5.41, 5.74) is 2.57. The number of thiol groups is 1. The fourth-order valence-corrected chi connectivity index (χ4v) is 8.10. The van der Waals surface area contributed by atoms with Gasteiger partial charge in [0.2, 0.25) is 10.9 Å². The van der Waals surface area contributed by atoms with Gasteiger partial charge in [0.25, 0.3) is 0 Å². The van der Waals surface area contributed by atoms with E-state index in [0.29, 0.717) is 24.3 Å². The van der Waals surface area contributed by atoms with Gasteiger partial charge in [0, 0.05) is 23.3 Å². The van der Waals surface area contributed by atoms with Gasteiger partial charge in [-0.3, -0.25) is 14.4 Å². The number of aliphatic hydroxyl groups is 1. The van der Waals surface area contributed by atoms with Crippen LogP contribution in [0.1, 0.15) is 46.0 Å². The number of hydrogen-bond acceptors (Lipinski definition) is 5. The first-order valence-corrected chi connectivity index (χ1v) is 10.5. The Morgan fingerprint density at radius 3 is 2.85 bits per heavy atom. The molecule has 1 saturated heterocycles. The Balaban J connectivity index is 1.56. The number of hydrogen-bond donors (Lipinski definition) is 3. The second-order valence-electron chi connectivity index (χ2n) is 9.60. The van der Waals surface area contributed by atoms with Crippen LogP contribution in [0.4, 0.5) is 0 Å². The van der Waals surface area contributed by atoms with Crippen LogP contribution in [0.5, 0.6) is 0 Å². The van der Waals surface area contributed by atoms with E-state index in [0.717, 1.165) is 37.7 Å². The summed E-state index contributed by atoms with van der Waals surface area (Å²) < 4.78 is 0. The zero-order chi connectivity index (χ0) is 19.2. The smallest absolute Gasteiger partial charge is 0.220 e. The topological polar surface area (TPSA) is 75.6 Å². The van der Waals surface area contributed by atoms with Gasteiger partial charge in [-0.2, -0.15) is 0 Å². The molecule has 7 atom stereocenters. The van der Waals surface area contributed by atoms with E-state index >= 15 is 0 Å². The van der Waals surface area contributed by atoms with Crippen LogP contribution in [0, 0.1) is 34.5 Å². The number of hydroxylamine groups is 1. The van der Waals surface area contributed by atoms with E-state index in [9.17, 15) is 14.7 Å². The Hall–Kier alpha value is -1.11. The van der Waals surface area contributed by atoms with Gasteiger partial charge in [-0.05, 0) is 61.5 Å². The normalized spacial score (nSPS) is 50.9. The number of fused-ring (bicyclic) bond motifs is 7. The maximum absolute atomic E-state index is 12.6. The number of carbonyl (C=O) groups excluding carboxylic acids is 2. The van der Waals surface area contributed by atoms with Crippen LogP contribution in [0.25, 0.3) is 0 Å². The van der Waals surface area contributed by atoms with Gasteiger partial charge in [0.15, 0.2) is 11.4 Å². The molecule has 0 bridgehead atoms. The van der Waals surface area contributed by atoms with Crippen molar-refractivity contribution in [1.29, 1.82) is 0 Å². The van der Waals surface area contributed by atoms with E-state index in [-0.39, 0.29) is 33.4 Å². The van der Waals surface area contributed by atoms with Crippen LogP contribution in [0.2, 0.25) is 0 Å². The molecule has 146 valence electrons. The number of allylic oxidation sites excluding steroid dienone is 3. The highest BCUT2D eigenvalue weighted by molar-refractivity contribution is 7.96. The minimum Gasteiger partial charge on any atom is -0.504 e. The predicted octanol–water partition coefficient (Wildman–Crippen LogP) is 3.14. The molecule has 0 aromatic carbocycles. The van der Waals surface area contributed by atoms with E-state index in [2.05, 4.69) is 32.0 Å². The molecule has 0 radical (unpaired) electrons. The number of rotatable bonds is 1. The van der Waals surface area contributed by atoms with E-state index in [1.807, 2.05) is 6.08 Å². The fourth-order valence-electron chi connectivity index (χ4n) is 7.61. The third kappa shape index (κ3) is 1.94. The van der Waals surface area contributed by atoms with E-state index in [1.165, 1.54) is 0 Å². The quantitative estimate of drug-likeness (QED) is 0.601. The third-order valence-electron chi connectivity index (χ3n) is 8.92. The van der Waals surface area contributed by atoms with Crippen molar-refractivity contribution in [2.24, 2.45) is 34.5 Å². The molecule has 1 aliphatic heterocycles. The molecular weight excluding hydrogens is 362 g/mol. The van der Waals surface area contributed by atoms with Crippen molar-refractivity contribution in [3.8, 4) is 0 Å². The highest BCUT2D eigenvalue weighted by atomic mass is 32.1. The van der Waals surface area contributed by atoms with Crippen LogP contribution < -0.4 is 5.48 Å². The standard InChI is InChI=1S/C21H27NO4S/c1-19-7-6-16(23)17(24)14(19)4-3-12-13(19)5-8-20(2)15(12)9-11-10-22-26-21(11,20)18(25)27/h6-7,11-13,15,22,24H,3-5,8-10H2,1-2H3,(H,25,27). The van der Waals surface area contributed by atoms with E-state index in [4.69, 9.17) is 4.84 Å². The fraction of sp³-hybridized carbons (Fsp3) is 0.714. The SMILES string of the molecule is CC12C=CC(=O)C(O)=C1CCC1C2CCC2(C)C1CC1CNOC12C(=O)S. The Morgan fingerprint density at radius 1 is 1.33 bits per heavy atom. The Labute approximate surface area is 165 Å². The average molecular weight is 390 g/mol. The molecule has 0 aromatic rings. The second kappa shape index (κ2) is 5.49. The largest absolute Gasteiger partial charge is 0.504 e. The van der Waals surface area contributed by atoms with Gasteiger partial charge in [-0.15, -0.1) is 12.6 Å². The highest BCUT2D eigenvalue weighted by Gasteiger charge is 2.72. The molecule has 4 aliphatic carbocycles. The summed E-state index contributed by atoms with van der Waals surface area (Å²) in [6.07, 6.45) is 8.11. The molecular formula is C21H27NO4S. The van der Waals surface area contributed by atoms with Crippen molar-refractivity contribution in [2.75, 3.05) is 6.54 Å². The minimum atomic E-state index is -0.830. The predicted molar refractivity (Wildman–Crippen MR) is 103 cm³/mol. The van der Waals surface area contributed by atoms with E-state index < -0.39 is 5.60 Å². The number of aliphatic hydroxyl groups excluding tert-OH is 1. The summed E-state index contributed by atoms with van der Waals surface area (Å²) in [4.78, 5) is 30.6. The van der Waals surface area contributed by atoms with Gasteiger partial charge >= 0.3 is 0 Å². The second-order valence-corrected chi connectivity index (χ2v) is 10.0. The summed E-state index contributed by atoms with van der Waals surface area (Å²) in [5.74, 6) is 1.09. The van der Waals surface area contributed by atoms with Crippen LogP contribution in [0.15, 0.2) is 23.5 Å². The lowest BCUT2D eigenvalue weighted by atomic mass is 9.47. The lowest BCUT2D eigenvalue weighted by Crippen LogP contribution is -2.58. The van der Waals surface area contributed by atoms with Gasteiger partial charge in [0.1, 0.15) is 0 Å². The number of carbonyl (C=O) groups is 2. The lowest BCUT2D eigenvalue weighted by molar-refractivity contribution is -0.174. The van der Waals surface area contributed by atoms with Gasteiger partial charge in [-0.1, -0.05) is 19.9 Å². The van der Waals surface area contributed by atoms with Gasteiger partial charge in [0.05, 0.1) is 0 Å². The van der Waals surface area contributed by atoms with Crippen LogP contribution in [-0.2, 0) is 14.4 Å². The summed E-state index contributed by atoms with van der Waals surface area (Å²) >= 11 is 4.27. The Morgan fingerprint density at radius 2 is 2.11 bits per heavy atom. The molecule has 7 unspecified atom stereocenters. The molecule has 2 N–H and O–H groups in total. The minimum absolute atomic E-state index is 0.0374. The van der Waals surface area contributed by atoms with Crippen molar-refractivity contribution >= 4 is 23.5 Å². The summed E-state index contributed by atoms with van der Waals surface area (Å²) in [6, 6.07) is 0. The van der Waals surface area contributed by atoms with Crippen molar-refractivity contribution in [1.82, 2.24) is 5.48 Å². The first kappa shape index (κ1) is 18.0. The molecule has 5 rings (SSSR count). The van der Waals surface area contributed by atoms with Gasteiger partial charge in [-0.25, -0.2) is 5.48 Å². The zero-order valence-electron chi connectivity index (χ0n) is 15.8. The molecule has 1 heterocycles. The summed E-state index contributed by atoms with van der Waals surface area (Å²) in [5, 5.41) is 10.3. The molecule has 0 spiro atoms. The third-order valence-corrected chi connectivity index (χ3v) is 9.25. The van der Waals surface area contributed by atoms with Crippen LogP contribution in [-0.4, -0.2) is 28.2 Å². The molecule has 0 amide bonds. The first-order valence-electron chi connectivity index (χ1n) is 10.1. The van der Waals surface area contributed by atoms with Crippen LogP contribution >= 0.6 is 12.6 Å². The number of nitrogens with one attached hydrogen (secondary N) is 1. The maximum Gasteiger partial charge on any atom is 0.220 e. The summed E-state index contributed by atoms with van der Waals surface area (Å²) in [7, 11) is 0.